The maximum atomic E-state index is 14.8. The van der Waals surface area contributed by atoms with Crippen molar-refractivity contribution in [3.63, 3.8) is 0 Å². The Labute approximate surface area is 215 Å². The zero-order chi connectivity index (χ0) is 27.0. The first-order valence-electron chi connectivity index (χ1n) is 12.1. The van der Waals surface area contributed by atoms with E-state index >= 15 is 0 Å². The molecule has 0 saturated heterocycles. The van der Waals surface area contributed by atoms with Gasteiger partial charge >= 0.3 is 0 Å². The number of rotatable bonds is 8. The van der Waals surface area contributed by atoms with E-state index < -0.39 is 35.6 Å². The molecular formula is C27H25F2N5O4. The molecule has 5 rings (SSSR count). The molecule has 1 aliphatic rings. The fourth-order valence-electron chi connectivity index (χ4n) is 4.11. The highest BCUT2D eigenvalue weighted by molar-refractivity contribution is 5.98. The van der Waals surface area contributed by atoms with Crippen LogP contribution in [0.4, 0.5) is 14.7 Å². The van der Waals surface area contributed by atoms with Crippen LogP contribution in [0.3, 0.4) is 0 Å². The Balaban J connectivity index is 1.76. The summed E-state index contributed by atoms with van der Waals surface area (Å²) in [6, 6.07) is 11.2. The van der Waals surface area contributed by atoms with Gasteiger partial charge in [0.05, 0.1) is 18.4 Å². The lowest BCUT2D eigenvalue weighted by Gasteiger charge is -2.17. The minimum absolute atomic E-state index is 0.0525. The van der Waals surface area contributed by atoms with Crippen LogP contribution in [0.1, 0.15) is 28.8 Å². The van der Waals surface area contributed by atoms with Crippen molar-refractivity contribution in [2.45, 2.75) is 31.9 Å². The quantitative estimate of drug-likeness (QED) is 0.281. The van der Waals surface area contributed by atoms with E-state index in [0.717, 1.165) is 35.1 Å². The van der Waals surface area contributed by atoms with E-state index in [1.54, 1.807) is 18.2 Å². The lowest BCUT2D eigenvalue weighted by molar-refractivity contribution is 0.0951. The number of halogens is 2. The maximum Gasteiger partial charge on any atom is 0.256 e. The second-order valence-corrected chi connectivity index (χ2v) is 9.21. The van der Waals surface area contributed by atoms with Crippen LogP contribution >= 0.6 is 0 Å². The van der Waals surface area contributed by atoms with Crippen molar-refractivity contribution < 1.29 is 23.8 Å². The molecular weight excluding hydrogens is 496 g/mol. The van der Waals surface area contributed by atoms with Gasteiger partial charge in [-0.15, -0.1) is 0 Å². The Morgan fingerprint density at radius 2 is 1.87 bits per heavy atom. The summed E-state index contributed by atoms with van der Waals surface area (Å²) < 4.78 is 30.5. The minimum Gasteiger partial charge on any atom is -0.394 e. The number of aromatic nitrogens is 3. The lowest BCUT2D eigenvalue weighted by Crippen LogP contribution is -2.25. The van der Waals surface area contributed by atoms with Gasteiger partial charge in [-0.2, -0.15) is 4.98 Å². The molecule has 0 spiro atoms. The number of carbonyl (C=O) groups is 1. The summed E-state index contributed by atoms with van der Waals surface area (Å²) in [5, 5.41) is 25.1. The Kier molecular flexibility index (Phi) is 6.87. The number of benzene rings is 2. The Morgan fingerprint density at radius 3 is 2.55 bits per heavy atom. The summed E-state index contributed by atoms with van der Waals surface area (Å²) in [5.41, 5.74) is 0.614. The second kappa shape index (κ2) is 10.3. The molecule has 1 fully saturated rings. The van der Waals surface area contributed by atoms with Crippen LogP contribution in [0.25, 0.3) is 28.0 Å². The summed E-state index contributed by atoms with van der Waals surface area (Å²) in [4.78, 5) is 34.6. The molecule has 2 heterocycles. The van der Waals surface area contributed by atoms with E-state index in [1.807, 2.05) is 6.92 Å². The SMILES string of the molecule is Cc1ccc(C(=O)NC2CC2)cc1-c1nc(NCC(O)CO)nc2c1ccc(=O)n2-c1c(F)cccc1F. The first-order chi connectivity index (χ1) is 18.3. The maximum absolute atomic E-state index is 14.8. The van der Waals surface area contributed by atoms with Gasteiger partial charge in [0.1, 0.15) is 17.3 Å². The smallest absolute Gasteiger partial charge is 0.256 e. The Bertz CT molecular complexity index is 1580. The molecule has 0 radical (unpaired) electrons. The van der Waals surface area contributed by atoms with Crippen molar-refractivity contribution in [2.24, 2.45) is 0 Å². The van der Waals surface area contributed by atoms with Gasteiger partial charge in [-0.3, -0.25) is 14.2 Å². The molecule has 1 aliphatic carbocycles. The summed E-state index contributed by atoms with van der Waals surface area (Å²) in [7, 11) is 0. The minimum atomic E-state index is -1.13. The number of hydrogen-bond donors (Lipinski definition) is 4. The van der Waals surface area contributed by atoms with E-state index in [2.05, 4.69) is 20.6 Å². The third kappa shape index (κ3) is 4.98. The molecule has 11 heteroatoms. The van der Waals surface area contributed by atoms with Crippen LogP contribution in [0.5, 0.6) is 0 Å². The van der Waals surface area contributed by atoms with Crippen molar-refractivity contribution in [2.75, 3.05) is 18.5 Å². The highest BCUT2D eigenvalue weighted by Crippen LogP contribution is 2.32. The molecule has 0 aliphatic heterocycles. The third-order valence-corrected chi connectivity index (χ3v) is 6.29. The molecule has 38 heavy (non-hydrogen) atoms. The van der Waals surface area contributed by atoms with Gasteiger partial charge < -0.3 is 20.8 Å². The van der Waals surface area contributed by atoms with Crippen LogP contribution in [0.2, 0.25) is 0 Å². The number of amides is 1. The first-order valence-corrected chi connectivity index (χ1v) is 12.1. The first kappa shape index (κ1) is 25.4. The Hall–Kier alpha value is -4.22. The van der Waals surface area contributed by atoms with Gasteiger partial charge in [0.15, 0.2) is 5.65 Å². The average molecular weight is 522 g/mol. The van der Waals surface area contributed by atoms with Crippen LogP contribution < -0.4 is 16.2 Å². The largest absolute Gasteiger partial charge is 0.394 e. The summed E-state index contributed by atoms with van der Waals surface area (Å²) in [5.74, 6) is -2.20. The molecule has 1 amide bonds. The molecule has 4 N–H and O–H groups in total. The number of hydrogen-bond acceptors (Lipinski definition) is 7. The molecule has 1 atom stereocenters. The van der Waals surface area contributed by atoms with E-state index in [-0.39, 0.29) is 30.1 Å². The highest BCUT2D eigenvalue weighted by Gasteiger charge is 2.25. The standard InChI is InChI=1S/C27H25F2N5O4/c1-14-5-6-15(26(38)31-16-7-8-16)11-19(14)23-18-9-10-22(37)34(24-20(28)3-2-4-21(24)29)25(18)33-27(32-23)30-12-17(36)13-35/h2-6,9-11,16-17,35-36H,7-8,12-13H2,1H3,(H,31,38)(H,30,32,33). The predicted molar refractivity (Wildman–Crippen MR) is 137 cm³/mol. The summed E-state index contributed by atoms with van der Waals surface area (Å²) in [6.07, 6.45) is 0.732. The molecule has 0 bridgehead atoms. The molecule has 196 valence electrons. The molecule has 1 saturated carbocycles. The monoisotopic (exact) mass is 521 g/mol. The van der Waals surface area contributed by atoms with Crippen molar-refractivity contribution >= 4 is 22.9 Å². The number of fused-ring (bicyclic) bond motifs is 1. The molecule has 1 unspecified atom stereocenters. The van der Waals surface area contributed by atoms with Gasteiger partial charge in [-0.1, -0.05) is 12.1 Å². The van der Waals surface area contributed by atoms with Crippen LogP contribution in [-0.2, 0) is 0 Å². The van der Waals surface area contributed by atoms with E-state index in [1.165, 1.54) is 18.2 Å². The molecule has 4 aromatic rings. The zero-order valence-corrected chi connectivity index (χ0v) is 20.4. The normalized spacial score (nSPS) is 13.9. The van der Waals surface area contributed by atoms with Crippen LogP contribution in [0, 0.1) is 18.6 Å². The average Bonchev–Trinajstić information content (AvgIpc) is 3.72. The van der Waals surface area contributed by atoms with E-state index in [4.69, 9.17) is 0 Å². The molecule has 9 nitrogen and oxygen atoms in total. The number of para-hydroxylation sites is 1. The topological polar surface area (TPSA) is 129 Å². The number of aryl methyl sites for hydroxylation is 1. The van der Waals surface area contributed by atoms with Crippen molar-refractivity contribution in [3.8, 4) is 16.9 Å². The van der Waals surface area contributed by atoms with Crippen LogP contribution in [-0.4, -0.2) is 56.0 Å². The summed E-state index contributed by atoms with van der Waals surface area (Å²) >= 11 is 0. The fourth-order valence-corrected chi connectivity index (χ4v) is 4.11. The van der Waals surface area contributed by atoms with Gasteiger partial charge in [0.25, 0.3) is 11.5 Å². The predicted octanol–water partition coefficient (Wildman–Crippen LogP) is 2.69. The van der Waals surface area contributed by atoms with Crippen LogP contribution in [0.15, 0.2) is 53.3 Å². The van der Waals surface area contributed by atoms with Crippen molar-refractivity contribution in [1.82, 2.24) is 19.9 Å². The zero-order valence-electron chi connectivity index (χ0n) is 20.4. The molecule has 2 aromatic carbocycles. The van der Waals surface area contributed by atoms with Gasteiger partial charge in [-0.25, -0.2) is 13.8 Å². The van der Waals surface area contributed by atoms with Gasteiger partial charge in [0, 0.05) is 35.2 Å². The summed E-state index contributed by atoms with van der Waals surface area (Å²) in [6.45, 7) is 1.17. The highest BCUT2D eigenvalue weighted by atomic mass is 19.1. The van der Waals surface area contributed by atoms with Gasteiger partial charge in [-0.05, 0) is 55.7 Å². The van der Waals surface area contributed by atoms with Crippen molar-refractivity contribution in [1.29, 1.82) is 0 Å². The number of carbonyl (C=O) groups excluding carboxylic acids is 1. The molecule has 2 aromatic heterocycles. The van der Waals surface area contributed by atoms with Crippen molar-refractivity contribution in [3.05, 3.63) is 81.6 Å². The second-order valence-electron chi connectivity index (χ2n) is 9.21. The van der Waals surface area contributed by atoms with E-state index in [0.29, 0.717) is 22.2 Å². The number of anilines is 1. The number of nitrogens with zero attached hydrogens (tertiary/aromatic N) is 3. The van der Waals surface area contributed by atoms with E-state index in [9.17, 15) is 28.6 Å². The van der Waals surface area contributed by atoms with Gasteiger partial charge in [0.2, 0.25) is 5.95 Å². The third-order valence-electron chi connectivity index (χ3n) is 6.29. The number of aliphatic hydroxyl groups is 2. The number of aliphatic hydroxyl groups excluding tert-OH is 2. The number of nitrogens with one attached hydrogen (secondary N) is 2. The lowest BCUT2D eigenvalue weighted by atomic mass is 9.99. The Morgan fingerprint density at radius 1 is 1.13 bits per heavy atom. The number of pyridine rings is 1. The fraction of sp³-hybridized carbons (Fsp3) is 0.259.